The van der Waals surface area contributed by atoms with Crippen molar-refractivity contribution in [3.63, 3.8) is 0 Å². The van der Waals surface area contributed by atoms with Crippen molar-refractivity contribution in [3.05, 3.63) is 29.8 Å². The largest absolute Gasteiger partial charge is 0.305 e. The van der Waals surface area contributed by atoms with Gasteiger partial charge in [0.15, 0.2) is 0 Å². The van der Waals surface area contributed by atoms with Crippen LogP contribution in [0.2, 0.25) is 0 Å². The van der Waals surface area contributed by atoms with Gasteiger partial charge in [0.2, 0.25) is 0 Å². The quantitative estimate of drug-likeness (QED) is 0.588. The van der Waals surface area contributed by atoms with Crippen molar-refractivity contribution in [2.75, 3.05) is 0 Å². The summed E-state index contributed by atoms with van der Waals surface area (Å²) in [6, 6.07) is 1.29. The van der Waals surface area contributed by atoms with E-state index in [0.717, 1.165) is 6.20 Å². The third-order valence-corrected chi connectivity index (χ3v) is 1.14. The van der Waals surface area contributed by atoms with Gasteiger partial charge in [-0.2, -0.15) is 0 Å². The summed E-state index contributed by atoms with van der Waals surface area (Å²) in [5, 5.41) is 7.13. The van der Waals surface area contributed by atoms with Crippen LogP contribution in [0.3, 0.4) is 0 Å². The Morgan fingerprint density at radius 1 is 1.60 bits per heavy atom. The number of rotatable bonds is 1. The summed E-state index contributed by atoms with van der Waals surface area (Å²) in [5.41, 5.74) is 0.854. The fourth-order valence-corrected chi connectivity index (χ4v) is 0.617. The van der Waals surface area contributed by atoms with Crippen LogP contribution in [0.5, 0.6) is 0 Å². The molecule has 0 saturated carbocycles. The van der Waals surface area contributed by atoms with E-state index < -0.39 is 5.82 Å². The Hall–Kier alpha value is -1.25. The number of pyridine rings is 1. The minimum Gasteiger partial charge on any atom is -0.305 e. The van der Waals surface area contributed by atoms with Gasteiger partial charge >= 0.3 is 0 Å². The summed E-state index contributed by atoms with van der Waals surface area (Å²) in [4.78, 5) is 3.59. The molecule has 0 fully saturated rings. The number of hydrogen-bond donors (Lipinski definition) is 1. The zero-order valence-electron chi connectivity index (χ0n) is 5.56. The highest BCUT2D eigenvalue weighted by Crippen LogP contribution is 2.00. The molecule has 1 rings (SSSR count). The van der Waals surface area contributed by atoms with Gasteiger partial charge in [-0.15, -0.1) is 0 Å². The zero-order valence-corrected chi connectivity index (χ0v) is 5.56. The maximum Gasteiger partial charge on any atom is 0.142 e. The van der Waals surface area contributed by atoms with Crippen molar-refractivity contribution in [1.82, 2.24) is 4.98 Å². The summed E-state index contributed by atoms with van der Waals surface area (Å²) in [7, 11) is 0. The van der Waals surface area contributed by atoms with Gasteiger partial charge in [-0.3, -0.25) is 4.98 Å². The Bertz CT molecular complexity index is 258. The molecule has 1 aromatic rings. The molecule has 0 spiro atoms. The molecule has 0 radical (unpaired) electrons. The predicted octanol–water partition coefficient (Wildman–Crippen LogP) is 1.61. The third-order valence-electron chi connectivity index (χ3n) is 1.14. The molecule has 1 aromatic heterocycles. The van der Waals surface area contributed by atoms with Gasteiger partial charge in [0.1, 0.15) is 5.82 Å². The van der Waals surface area contributed by atoms with E-state index in [2.05, 4.69) is 4.98 Å². The lowest BCUT2D eigenvalue weighted by atomic mass is 10.2. The average Bonchev–Trinajstić information content (AvgIpc) is 1.88. The number of aromatic nitrogens is 1. The van der Waals surface area contributed by atoms with Crippen molar-refractivity contribution in [1.29, 1.82) is 5.41 Å². The molecule has 1 N–H and O–H groups in total. The van der Waals surface area contributed by atoms with Crippen LogP contribution < -0.4 is 0 Å². The Morgan fingerprint density at radius 3 is 2.70 bits per heavy atom. The van der Waals surface area contributed by atoms with Gasteiger partial charge < -0.3 is 5.41 Å². The zero-order chi connectivity index (χ0) is 7.56. The average molecular weight is 138 g/mol. The summed E-state index contributed by atoms with van der Waals surface area (Å²) in [6.45, 7) is 1.59. The van der Waals surface area contributed by atoms with Gasteiger partial charge in [0.25, 0.3) is 0 Å². The lowest BCUT2D eigenvalue weighted by Crippen LogP contribution is -1.93. The Morgan fingerprint density at radius 2 is 2.30 bits per heavy atom. The van der Waals surface area contributed by atoms with Crippen molar-refractivity contribution >= 4 is 5.71 Å². The van der Waals surface area contributed by atoms with Crippen LogP contribution in [-0.2, 0) is 0 Å². The molecule has 2 nitrogen and oxygen atoms in total. The lowest BCUT2D eigenvalue weighted by molar-refractivity contribution is 0.621. The van der Waals surface area contributed by atoms with E-state index in [1.807, 2.05) is 0 Å². The molecule has 10 heavy (non-hydrogen) atoms. The van der Waals surface area contributed by atoms with E-state index in [4.69, 9.17) is 5.41 Å². The fraction of sp³-hybridized carbons (Fsp3) is 0.143. The SMILES string of the molecule is CC(=N)c1cncc(F)c1. The van der Waals surface area contributed by atoms with Crippen LogP contribution in [0.25, 0.3) is 0 Å². The highest BCUT2D eigenvalue weighted by atomic mass is 19.1. The molecule has 0 bridgehead atoms. The second-order valence-corrected chi connectivity index (χ2v) is 2.02. The smallest absolute Gasteiger partial charge is 0.142 e. The van der Waals surface area contributed by atoms with Crippen LogP contribution in [0, 0.1) is 11.2 Å². The van der Waals surface area contributed by atoms with Crippen LogP contribution in [0.1, 0.15) is 12.5 Å². The van der Waals surface area contributed by atoms with Crippen LogP contribution in [0.4, 0.5) is 4.39 Å². The second kappa shape index (κ2) is 2.56. The topological polar surface area (TPSA) is 36.7 Å². The first kappa shape index (κ1) is 6.86. The molecular weight excluding hydrogens is 131 g/mol. The Labute approximate surface area is 58.2 Å². The molecular formula is C7H7FN2. The van der Waals surface area contributed by atoms with Crippen molar-refractivity contribution < 1.29 is 4.39 Å². The summed E-state index contributed by atoms with van der Waals surface area (Å²) in [6.07, 6.45) is 2.58. The number of hydrogen-bond acceptors (Lipinski definition) is 2. The standard InChI is InChI=1S/C7H7FN2/c1-5(9)6-2-7(8)4-10-3-6/h2-4,9H,1H3. The summed E-state index contributed by atoms with van der Waals surface area (Å²) < 4.78 is 12.4. The van der Waals surface area contributed by atoms with Gasteiger partial charge in [0.05, 0.1) is 6.20 Å². The van der Waals surface area contributed by atoms with Crippen LogP contribution in [0.15, 0.2) is 18.5 Å². The molecule has 0 atom stereocenters. The van der Waals surface area contributed by atoms with Crippen LogP contribution in [-0.4, -0.2) is 10.7 Å². The molecule has 1 heterocycles. The van der Waals surface area contributed by atoms with E-state index in [9.17, 15) is 4.39 Å². The predicted molar refractivity (Wildman–Crippen MR) is 36.7 cm³/mol. The van der Waals surface area contributed by atoms with E-state index in [1.165, 1.54) is 12.3 Å². The molecule has 0 amide bonds. The molecule has 0 aliphatic heterocycles. The maximum absolute atomic E-state index is 12.4. The van der Waals surface area contributed by atoms with E-state index in [0.29, 0.717) is 11.3 Å². The summed E-state index contributed by atoms with van der Waals surface area (Å²) >= 11 is 0. The Kier molecular flexibility index (Phi) is 1.76. The van der Waals surface area contributed by atoms with Gasteiger partial charge in [-0.25, -0.2) is 4.39 Å². The number of nitrogens with zero attached hydrogens (tertiary/aromatic N) is 1. The molecule has 0 aromatic carbocycles. The van der Waals surface area contributed by atoms with Crippen LogP contribution >= 0.6 is 0 Å². The Balaban J connectivity index is 3.07. The van der Waals surface area contributed by atoms with Crippen molar-refractivity contribution in [2.45, 2.75) is 6.92 Å². The molecule has 3 heteroatoms. The van der Waals surface area contributed by atoms with Crippen molar-refractivity contribution in [3.8, 4) is 0 Å². The van der Waals surface area contributed by atoms with E-state index >= 15 is 0 Å². The number of nitrogens with one attached hydrogen (secondary N) is 1. The first-order valence-electron chi connectivity index (χ1n) is 2.86. The first-order chi connectivity index (χ1) is 4.70. The van der Waals surface area contributed by atoms with Gasteiger partial charge in [-0.05, 0) is 13.0 Å². The molecule has 0 aliphatic carbocycles. The molecule has 0 aliphatic rings. The lowest BCUT2D eigenvalue weighted by Gasteiger charge is -1.94. The van der Waals surface area contributed by atoms with Gasteiger partial charge in [0, 0.05) is 17.5 Å². The number of halogens is 1. The monoisotopic (exact) mass is 138 g/mol. The minimum absolute atomic E-state index is 0.326. The second-order valence-electron chi connectivity index (χ2n) is 2.02. The third kappa shape index (κ3) is 1.37. The fourth-order valence-electron chi connectivity index (χ4n) is 0.617. The molecule has 0 unspecified atom stereocenters. The maximum atomic E-state index is 12.4. The normalized spacial score (nSPS) is 9.40. The first-order valence-corrected chi connectivity index (χ1v) is 2.86. The molecule has 0 saturated heterocycles. The van der Waals surface area contributed by atoms with Crippen molar-refractivity contribution in [2.24, 2.45) is 0 Å². The van der Waals surface area contributed by atoms with E-state index in [-0.39, 0.29) is 0 Å². The van der Waals surface area contributed by atoms with E-state index in [1.54, 1.807) is 6.92 Å². The minimum atomic E-state index is -0.399. The van der Waals surface area contributed by atoms with Gasteiger partial charge in [-0.1, -0.05) is 0 Å². The summed E-state index contributed by atoms with van der Waals surface area (Å²) in [5.74, 6) is -0.399. The molecule has 52 valence electrons. The highest BCUT2D eigenvalue weighted by molar-refractivity contribution is 5.95. The highest BCUT2D eigenvalue weighted by Gasteiger charge is 1.95.